The first-order chi connectivity index (χ1) is 8.15. The summed E-state index contributed by atoms with van der Waals surface area (Å²) in [6, 6.07) is 0.763. The van der Waals surface area contributed by atoms with Crippen molar-refractivity contribution in [1.29, 1.82) is 0 Å². The summed E-state index contributed by atoms with van der Waals surface area (Å²) in [6.45, 7) is 6.56. The summed E-state index contributed by atoms with van der Waals surface area (Å²) < 4.78 is 0. The number of hydrogen-bond donors (Lipinski definition) is 1. The molecule has 2 rings (SSSR count). The molecule has 0 bridgehead atoms. The Morgan fingerprint density at radius 3 is 2.94 bits per heavy atom. The van der Waals surface area contributed by atoms with Gasteiger partial charge in [0.15, 0.2) is 5.13 Å². The highest BCUT2D eigenvalue weighted by molar-refractivity contribution is 7.13. The molecule has 0 radical (unpaired) electrons. The Kier molecular flexibility index (Phi) is 4.40. The fourth-order valence-corrected chi connectivity index (χ4v) is 2.46. The zero-order valence-electron chi connectivity index (χ0n) is 11.1. The molecule has 3 nitrogen and oxygen atoms in total. The van der Waals surface area contributed by atoms with E-state index in [0.29, 0.717) is 0 Å². The number of nitrogens with one attached hydrogen (secondary N) is 1. The lowest BCUT2D eigenvalue weighted by Crippen LogP contribution is -2.20. The van der Waals surface area contributed by atoms with Crippen LogP contribution in [0.5, 0.6) is 0 Å². The predicted molar refractivity (Wildman–Crippen MR) is 74.7 cm³/mol. The van der Waals surface area contributed by atoms with Gasteiger partial charge in [-0.1, -0.05) is 13.8 Å². The van der Waals surface area contributed by atoms with Gasteiger partial charge in [0.1, 0.15) is 0 Å². The van der Waals surface area contributed by atoms with Crippen molar-refractivity contribution >= 4 is 16.5 Å². The van der Waals surface area contributed by atoms with Gasteiger partial charge in [-0.25, -0.2) is 4.98 Å². The van der Waals surface area contributed by atoms with Crippen LogP contribution in [-0.2, 0) is 6.54 Å². The third-order valence-corrected chi connectivity index (χ3v) is 4.06. The van der Waals surface area contributed by atoms with Crippen LogP contribution in [0.3, 0.4) is 0 Å². The Hall–Kier alpha value is -0.610. The molecule has 1 N–H and O–H groups in total. The summed E-state index contributed by atoms with van der Waals surface area (Å²) >= 11 is 1.76. The quantitative estimate of drug-likeness (QED) is 0.810. The molecule has 1 saturated carbocycles. The molecule has 0 spiro atoms. The molecule has 1 aromatic heterocycles. The first-order valence-corrected chi connectivity index (χ1v) is 7.42. The van der Waals surface area contributed by atoms with E-state index in [2.05, 4.69) is 41.5 Å². The third-order valence-electron chi connectivity index (χ3n) is 3.06. The average molecular weight is 253 g/mol. The smallest absolute Gasteiger partial charge is 0.185 e. The molecule has 4 heteroatoms. The highest BCUT2D eigenvalue weighted by atomic mass is 32.1. The fraction of sp³-hybridized carbons (Fsp3) is 0.769. The summed E-state index contributed by atoms with van der Waals surface area (Å²) in [5.74, 6) is 0.758. The highest BCUT2D eigenvalue weighted by Crippen LogP contribution is 2.22. The molecule has 1 fully saturated rings. The SMILES string of the molecule is CC(C)CCN(C)c1nc(CNC2CC2)cs1. The van der Waals surface area contributed by atoms with Crippen LogP contribution < -0.4 is 10.2 Å². The molecular formula is C13H23N3S. The van der Waals surface area contributed by atoms with Gasteiger partial charge in [-0.05, 0) is 25.2 Å². The lowest BCUT2D eigenvalue weighted by molar-refractivity contribution is 0.584. The summed E-state index contributed by atoms with van der Waals surface area (Å²) in [5.41, 5.74) is 1.19. The normalized spacial score (nSPS) is 15.5. The van der Waals surface area contributed by atoms with Gasteiger partial charge in [0.25, 0.3) is 0 Å². The molecule has 0 atom stereocenters. The van der Waals surface area contributed by atoms with Gasteiger partial charge in [-0.2, -0.15) is 0 Å². The maximum absolute atomic E-state index is 4.67. The summed E-state index contributed by atoms with van der Waals surface area (Å²) in [5, 5.41) is 6.83. The van der Waals surface area contributed by atoms with Crippen molar-refractivity contribution in [1.82, 2.24) is 10.3 Å². The van der Waals surface area contributed by atoms with Crippen molar-refractivity contribution in [2.45, 2.75) is 45.7 Å². The number of rotatable bonds is 7. The zero-order chi connectivity index (χ0) is 12.3. The second-order valence-electron chi connectivity index (χ2n) is 5.38. The van der Waals surface area contributed by atoms with E-state index in [1.165, 1.54) is 25.0 Å². The van der Waals surface area contributed by atoms with E-state index < -0.39 is 0 Å². The molecular weight excluding hydrogens is 230 g/mol. The lowest BCUT2D eigenvalue weighted by atomic mass is 10.1. The van der Waals surface area contributed by atoms with Crippen molar-refractivity contribution in [3.8, 4) is 0 Å². The van der Waals surface area contributed by atoms with E-state index in [-0.39, 0.29) is 0 Å². The topological polar surface area (TPSA) is 28.2 Å². The van der Waals surface area contributed by atoms with Crippen LogP contribution in [-0.4, -0.2) is 24.6 Å². The Bertz CT molecular complexity index is 344. The molecule has 1 heterocycles. The van der Waals surface area contributed by atoms with E-state index >= 15 is 0 Å². The number of anilines is 1. The van der Waals surface area contributed by atoms with Crippen LogP contribution in [0.15, 0.2) is 5.38 Å². The fourth-order valence-electron chi connectivity index (χ4n) is 1.64. The Morgan fingerprint density at radius 1 is 1.53 bits per heavy atom. The Labute approximate surface area is 108 Å². The van der Waals surface area contributed by atoms with Gasteiger partial charge in [-0.15, -0.1) is 11.3 Å². The van der Waals surface area contributed by atoms with Crippen molar-refractivity contribution in [2.75, 3.05) is 18.5 Å². The van der Waals surface area contributed by atoms with Crippen LogP contribution in [0.25, 0.3) is 0 Å². The van der Waals surface area contributed by atoms with E-state index in [1.54, 1.807) is 11.3 Å². The molecule has 0 saturated heterocycles. The molecule has 96 valence electrons. The van der Waals surface area contributed by atoms with Gasteiger partial charge in [0, 0.05) is 31.6 Å². The number of hydrogen-bond acceptors (Lipinski definition) is 4. The minimum Gasteiger partial charge on any atom is -0.351 e. The van der Waals surface area contributed by atoms with E-state index in [0.717, 1.165) is 30.2 Å². The van der Waals surface area contributed by atoms with Crippen LogP contribution in [0.4, 0.5) is 5.13 Å². The maximum atomic E-state index is 4.67. The monoisotopic (exact) mass is 253 g/mol. The van der Waals surface area contributed by atoms with Gasteiger partial charge >= 0.3 is 0 Å². The first kappa shape index (κ1) is 12.8. The van der Waals surface area contributed by atoms with Crippen LogP contribution in [0.1, 0.15) is 38.8 Å². The second-order valence-corrected chi connectivity index (χ2v) is 6.22. The third kappa shape index (κ3) is 4.28. The van der Waals surface area contributed by atoms with E-state index in [9.17, 15) is 0 Å². The highest BCUT2D eigenvalue weighted by Gasteiger charge is 2.20. The van der Waals surface area contributed by atoms with E-state index in [4.69, 9.17) is 0 Å². The Balaban J connectivity index is 1.78. The largest absolute Gasteiger partial charge is 0.351 e. The summed E-state index contributed by atoms with van der Waals surface area (Å²) in [7, 11) is 2.14. The lowest BCUT2D eigenvalue weighted by Gasteiger charge is -2.16. The average Bonchev–Trinajstić information content (AvgIpc) is 3.00. The molecule has 0 amide bonds. The van der Waals surface area contributed by atoms with Crippen molar-refractivity contribution in [3.63, 3.8) is 0 Å². The molecule has 0 aromatic carbocycles. The first-order valence-electron chi connectivity index (χ1n) is 6.54. The molecule has 0 unspecified atom stereocenters. The zero-order valence-corrected chi connectivity index (χ0v) is 11.9. The van der Waals surface area contributed by atoms with Crippen molar-refractivity contribution < 1.29 is 0 Å². The minimum absolute atomic E-state index is 0.758. The van der Waals surface area contributed by atoms with Crippen molar-refractivity contribution in [2.24, 2.45) is 5.92 Å². The van der Waals surface area contributed by atoms with Crippen molar-refractivity contribution in [3.05, 3.63) is 11.1 Å². The molecule has 17 heavy (non-hydrogen) atoms. The summed E-state index contributed by atoms with van der Waals surface area (Å²) in [4.78, 5) is 6.94. The second kappa shape index (κ2) is 5.83. The van der Waals surface area contributed by atoms with Gasteiger partial charge in [0.2, 0.25) is 0 Å². The minimum atomic E-state index is 0.758. The number of thiazole rings is 1. The summed E-state index contributed by atoms with van der Waals surface area (Å²) in [6.07, 6.45) is 3.91. The molecule has 1 aliphatic rings. The maximum Gasteiger partial charge on any atom is 0.185 e. The predicted octanol–water partition coefficient (Wildman–Crippen LogP) is 2.88. The van der Waals surface area contributed by atoms with Gasteiger partial charge < -0.3 is 10.2 Å². The molecule has 0 aliphatic heterocycles. The molecule has 1 aromatic rings. The van der Waals surface area contributed by atoms with Crippen LogP contribution in [0, 0.1) is 5.92 Å². The number of nitrogens with zero attached hydrogens (tertiary/aromatic N) is 2. The van der Waals surface area contributed by atoms with E-state index in [1.807, 2.05) is 0 Å². The van der Waals surface area contributed by atoms with Crippen LogP contribution in [0.2, 0.25) is 0 Å². The Morgan fingerprint density at radius 2 is 2.29 bits per heavy atom. The van der Waals surface area contributed by atoms with Crippen LogP contribution >= 0.6 is 11.3 Å². The number of aromatic nitrogens is 1. The van der Waals surface area contributed by atoms with Gasteiger partial charge in [-0.3, -0.25) is 0 Å². The van der Waals surface area contributed by atoms with Gasteiger partial charge in [0.05, 0.1) is 5.69 Å². The molecule has 1 aliphatic carbocycles. The standard InChI is InChI=1S/C13H23N3S/c1-10(2)6-7-16(3)13-15-12(9-17-13)8-14-11-4-5-11/h9-11,14H,4-8H2,1-3H3.